The van der Waals surface area contributed by atoms with E-state index >= 15 is 0 Å². The highest BCUT2D eigenvalue weighted by molar-refractivity contribution is 9.10. The van der Waals surface area contributed by atoms with Crippen LogP contribution in [0.4, 0.5) is 0 Å². The summed E-state index contributed by atoms with van der Waals surface area (Å²) < 4.78 is 15.9. The van der Waals surface area contributed by atoms with Gasteiger partial charge in [0, 0.05) is 12.1 Å². The maximum Gasteiger partial charge on any atom is 0.210 e. The first kappa shape index (κ1) is 11.0. The topological polar surface area (TPSA) is 48.7 Å². The molecular formula is C11H9BrO4. The SMILES string of the molecule is COc1cc(OC)c2c(=O)c(Br)coc2c1. The van der Waals surface area contributed by atoms with Gasteiger partial charge in [0.15, 0.2) is 0 Å². The molecule has 0 saturated heterocycles. The summed E-state index contributed by atoms with van der Waals surface area (Å²) >= 11 is 3.12. The number of rotatable bonds is 2. The molecule has 0 unspecified atom stereocenters. The molecule has 16 heavy (non-hydrogen) atoms. The summed E-state index contributed by atoms with van der Waals surface area (Å²) in [7, 11) is 3.03. The van der Waals surface area contributed by atoms with Crippen molar-refractivity contribution in [2.24, 2.45) is 0 Å². The van der Waals surface area contributed by atoms with Gasteiger partial charge in [-0.15, -0.1) is 0 Å². The quantitative estimate of drug-likeness (QED) is 0.851. The largest absolute Gasteiger partial charge is 0.496 e. The highest BCUT2D eigenvalue weighted by Crippen LogP contribution is 2.29. The number of halogens is 1. The van der Waals surface area contributed by atoms with Gasteiger partial charge in [0.25, 0.3) is 0 Å². The first-order valence-corrected chi connectivity index (χ1v) is 5.29. The number of ether oxygens (including phenoxy) is 2. The van der Waals surface area contributed by atoms with Crippen LogP contribution in [0.1, 0.15) is 0 Å². The summed E-state index contributed by atoms with van der Waals surface area (Å²) in [5.74, 6) is 1.01. The average Bonchev–Trinajstić information content (AvgIpc) is 2.32. The molecule has 0 fully saturated rings. The van der Waals surface area contributed by atoms with Gasteiger partial charge in [0.2, 0.25) is 5.43 Å². The molecule has 4 nitrogen and oxygen atoms in total. The second-order valence-electron chi connectivity index (χ2n) is 3.12. The van der Waals surface area contributed by atoms with Gasteiger partial charge >= 0.3 is 0 Å². The lowest BCUT2D eigenvalue weighted by Gasteiger charge is -2.07. The van der Waals surface area contributed by atoms with Crippen LogP contribution >= 0.6 is 15.9 Å². The Balaban J connectivity index is 2.90. The molecule has 0 aliphatic rings. The summed E-state index contributed by atoms with van der Waals surface area (Å²) in [6.45, 7) is 0. The molecule has 84 valence electrons. The molecule has 1 heterocycles. The van der Waals surface area contributed by atoms with Crippen LogP contribution in [0.2, 0.25) is 0 Å². The fourth-order valence-corrected chi connectivity index (χ4v) is 1.74. The van der Waals surface area contributed by atoms with Crippen molar-refractivity contribution in [3.05, 3.63) is 33.1 Å². The third kappa shape index (κ3) is 1.67. The van der Waals surface area contributed by atoms with Gasteiger partial charge in [-0.25, -0.2) is 0 Å². The Labute approximate surface area is 99.9 Å². The van der Waals surface area contributed by atoms with Crippen LogP contribution in [0, 0.1) is 0 Å². The van der Waals surface area contributed by atoms with Crippen molar-refractivity contribution in [2.75, 3.05) is 14.2 Å². The minimum Gasteiger partial charge on any atom is -0.496 e. The third-order valence-electron chi connectivity index (χ3n) is 2.23. The molecule has 0 atom stereocenters. The van der Waals surface area contributed by atoms with E-state index in [4.69, 9.17) is 13.9 Å². The van der Waals surface area contributed by atoms with Crippen LogP contribution in [-0.2, 0) is 0 Å². The lowest BCUT2D eigenvalue weighted by molar-refractivity contribution is 0.396. The van der Waals surface area contributed by atoms with Crippen LogP contribution < -0.4 is 14.9 Å². The lowest BCUT2D eigenvalue weighted by atomic mass is 10.2. The lowest BCUT2D eigenvalue weighted by Crippen LogP contribution is -2.04. The Morgan fingerprint density at radius 1 is 1.25 bits per heavy atom. The highest BCUT2D eigenvalue weighted by atomic mass is 79.9. The van der Waals surface area contributed by atoms with Gasteiger partial charge in [-0.1, -0.05) is 0 Å². The maximum absolute atomic E-state index is 11.9. The predicted octanol–water partition coefficient (Wildman–Crippen LogP) is 2.57. The Morgan fingerprint density at radius 2 is 2.00 bits per heavy atom. The van der Waals surface area contributed by atoms with E-state index in [9.17, 15) is 4.79 Å². The van der Waals surface area contributed by atoms with Gasteiger partial charge in [0.1, 0.15) is 33.2 Å². The summed E-state index contributed by atoms with van der Waals surface area (Å²) in [5.41, 5.74) is 0.269. The summed E-state index contributed by atoms with van der Waals surface area (Å²) in [4.78, 5) is 11.9. The van der Waals surface area contributed by atoms with E-state index in [-0.39, 0.29) is 5.43 Å². The zero-order valence-corrected chi connectivity index (χ0v) is 10.3. The summed E-state index contributed by atoms with van der Waals surface area (Å²) in [6.07, 6.45) is 1.35. The van der Waals surface area contributed by atoms with E-state index in [2.05, 4.69) is 15.9 Å². The number of hydrogen-bond acceptors (Lipinski definition) is 4. The summed E-state index contributed by atoms with van der Waals surface area (Å²) in [5, 5.41) is 0.401. The molecule has 5 heteroatoms. The minimum atomic E-state index is -0.166. The van der Waals surface area contributed by atoms with Gasteiger partial charge in [-0.05, 0) is 15.9 Å². The number of methoxy groups -OCH3 is 2. The van der Waals surface area contributed by atoms with Crippen LogP contribution in [0.5, 0.6) is 11.5 Å². The normalized spacial score (nSPS) is 10.4. The molecule has 0 spiro atoms. The Morgan fingerprint density at radius 3 is 2.62 bits per heavy atom. The van der Waals surface area contributed by atoms with Crippen molar-refractivity contribution < 1.29 is 13.9 Å². The molecule has 0 N–H and O–H groups in total. The van der Waals surface area contributed by atoms with Crippen molar-refractivity contribution in [1.29, 1.82) is 0 Å². The molecule has 0 aliphatic carbocycles. The predicted molar refractivity (Wildman–Crippen MR) is 63.3 cm³/mol. The third-order valence-corrected chi connectivity index (χ3v) is 2.78. The Bertz CT molecular complexity index is 588. The van der Waals surface area contributed by atoms with Crippen molar-refractivity contribution in [3.63, 3.8) is 0 Å². The van der Waals surface area contributed by atoms with Crippen molar-refractivity contribution in [1.82, 2.24) is 0 Å². The molecule has 2 rings (SSSR count). The number of fused-ring (bicyclic) bond motifs is 1. The van der Waals surface area contributed by atoms with Crippen molar-refractivity contribution in [2.45, 2.75) is 0 Å². The second kappa shape index (κ2) is 4.17. The van der Waals surface area contributed by atoms with Gasteiger partial charge < -0.3 is 13.9 Å². The van der Waals surface area contributed by atoms with Gasteiger partial charge in [0.05, 0.1) is 14.2 Å². The fraction of sp³-hybridized carbons (Fsp3) is 0.182. The van der Waals surface area contributed by atoms with Crippen molar-refractivity contribution >= 4 is 26.9 Å². The standard InChI is InChI=1S/C11H9BrO4/c1-14-6-3-8(15-2)10-9(4-6)16-5-7(12)11(10)13/h3-5H,1-2H3. The highest BCUT2D eigenvalue weighted by Gasteiger charge is 2.12. The average molecular weight is 285 g/mol. The van der Waals surface area contributed by atoms with E-state index in [1.54, 1.807) is 12.1 Å². The smallest absolute Gasteiger partial charge is 0.210 e. The second-order valence-corrected chi connectivity index (χ2v) is 3.97. The van der Waals surface area contributed by atoms with E-state index < -0.39 is 0 Å². The first-order valence-electron chi connectivity index (χ1n) is 4.50. The zero-order chi connectivity index (χ0) is 11.7. The van der Waals surface area contributed by atoms with E-state index in [1.165, 1.54) is 20.5 Å². The van der Waals surface area contributed by atoms with Crippen LogP contribution in [0.25, 0.3) is 11.0 Å². The van der Waals surface area contributed by atoms with Gasteiger partial charge in [-0.3, -0.25) is 4.79 Å². The van der Waals surface area contributed by atoms with E-state index in [0.29, 0.717) is 26.9 Å². The molecule has 0 radical (unpaired) electrons. The molecule has 0 aliphatic heterocycles. The number of hydrogen-bond donors (Lipinski definition) is 0. The van der Waals surface area contributed by atoms with Crippen LogP contribution in [0.15, 0.2) is 32.1 Å². The molecule has 2 aromatic rings. The molecular weight excluding hydrogens is 276 g/mol. The van der Waals surface area contributed by atoms with Crippen LogP contribution in [0.3, 0.4) is 0 Å². The summed E-state index contributed by atoms with van der Waals surface area (Å²) in [6, 6.07) is 3.29. The molecule has 1 aromatic heterocycles. The van der Waals surface area contributed by atoms with E-state index in [0.717, 1.165) is 0 Å². The zero-order valence-electron chi connectivity index (χ0n) is 8.74. The Kier molecular flexibility index (Phi) is 2.87. The molecule has 0 amide bonds. The molecule has 1 aromatic carbocycles. The monoisotopic (exact) mass is 284 g/mol. The van der Waals surface area contributed by atoms with Crippen LogP contribution in [-0.4, -0.2) is 14.2 Å². The first-order chi connectivity index (χ1) is 7.67. The number of benzene rings is 1. The fourth-order valence-electron chi connectivity index (χ4n) is 1.45. The molecule has 0 saturated carbocycles. The maximum atomic E-state index is 11.9. The minimum absolute atomic E-state index is 0.166. The molecule has 0 bridgehead atoms. The van der Waals surface area contributed by atoms with E-state index in [1.807, 2.05) is 0 Å². The van der Waals surface area contributed by atoms with Crippen molar-refractivity contribution in [3.8, 4) is 11.5 Å². The van der Waals surface area contributed by atoms with Gasteiger partial charge in [-0.2, -0.15) is 0 Å². The Hall–Kier alpha value is -1.49.